The molecule has 3 unspecified atom stereocenters. The molecule has 1 aromatic rings. The summed E-state index contributed by atoms with van der Waals surface area (Å²) in [6.07, 6.45) is 6.90. The van der Waals surface area contributed by atoms with Crippen LogP contribution in [0.1, 0.15) is 77.2 Å². The molecule has 5 saturated carbocycles. The number of nitrogens with zero attached hydrogens (tertiary/aromatic N) is 2. The van der Waals surface area contributed by atoms with E-state index < -0.39 is 17.3 Å². The van der Waals surface area contributed by atoms with E-state index in [1.807, 2.05) is 6.92 Å². The number of rotatable bonds is 3. The van der Waals surface area contributed by atoms with E-state index in [0.29, 0.717) is 35.5 Å². The van der Waals surface area contributed by atoms with Crippen molar-refractivity contribution in [3.8, 4) is 0 Å². The van der Waals surface area contributed by atoms with Crippen molar-refractivity contribution in [1.82, 2.24) is 9.78 Å². The van der Waals surface area contributed by atoms with Gasteiger partial charge in [0, 0.05) is 11.6 Å². The van der Waals surface area contributed by atoms with Gasteiger partial charge in [0.15, 0.2) is 5.78 Å². The van der Waals surface area contributed by atoms with Crippen LogP contribution < -0.4 is 0 Å². The highest BCUT2D eigenvalue weighted by molar-refractivity contribution is 5.89. The van der Waals surface area contributed by atoms with Crippen LogP contribution in [0, 0.1) is 46.3 Å². The van der Waals surface area contributed by atoms with E-state index in [2.05, 4.69) is 12.0 Å². The lowest BCUT2D eigenvalue weighted by Crippen LogP contribution is -2.52. The molecular weight excluding hydrogens is 429 g/mol. The molecule has 0 radical (unpaired) electrons. The molecule has 5 aliphatic carbocycles. The number of hydrogen-bond acceptors (Lipinski definition) is 3. The molecule has 6 rings (SSSR count). The third-order valence-electron chi connectivity index (χ3n) is 11.1. The third kappa shape index (κ3) is 3.13. The lowest BCUT2D eigenvalue weighted by Gasteiger charge is -2.57. The molecule has 33 heavy (non-hydrogen) atoms. The fraction of sp³-hybridized carbons (Fsp3) is 0.846. The van der Waals surface area contributed by atoms with Crippen molar-refractivity contribution in [2.24, 2.45) is 46.3 Å². The van der Waals surface area contributed by atoms with E-state index >= 15 is 0 Å². The fourth-order valence-corrected chi connectivity index (χ4v) is 9.56. The van der Waals surface area contributed by atoms with Crippen molar-refractivity contribution in [3.63, 3.8) is 0 Å². The molecular formula is C26H35F3N2O2. The Bertz CT molecular complexity index is 971. The zero-order valence-corrected chi connectivity index (χ0v) is 19.6. The van der Waals surface area contributed by atoms with Gasteiger partial charge >= 0.3 is 6.18 Å². The Hall–Kier alpha value is -1.37. The van der Waals surface area contributed by atoms with Gasteiger partial charge in [-0.1, -0.05) is 6.92 Å². The van der Waals surface area contributed by atoms with E-state index in [9.17, 15) is 23.1 Å². The van der Waals surface area contributed by atoms with Crippen molar-refractivity contribution >= 4 is 5.78 Å². The average Bonchev–Trinajstić information content (AvgIpc) is 3.16. The van der Waals surface area contributed by atoms with E-state index in [-0.39, 0.29) is 23.2 Å². The summed E-state index contributed by atoms with van der Waals surface area (Å²) in [7, 11) is 0. The van der Waals surface area contributed by atoms with Crippen LogP contribution in [-0.4, -0.2) is 26.3 Å². The lowest BCUT2D eigenvalue weighted by molar-refractivity contribution is -0.140. The van der Waals surface area contributed by atoms with Crippen LogP contribution in [0.4, 0.5) is 13.2 Å². The highest BCUT2D eigenvalue weighted by atomic mass is 19.4. The molecule has 0 aromatic carbocycles. The van der Waals surface area contributed by atoms with E-state index in [0.717, 1.165) is 57.3 Å². The molecule has 0 bridgehead atoms. The SMILES string of the molecule is C[C@@]1(O)CCC2C(CCC3[C@@H]2CC[C@@]2(C)[C@H]3C[C@H]3C[C@]32C(=O)Cn2cc(C(F)(F)F)cn2)C1. The smallest absolute Gasteiger partial charge is 0.390 e. The number of ketones is 1. The maximum atomic E-state index is 13.6. The Morgan fingerprint density at radius 2 is 1.88 bits per heavy atom. The minimum absolute atomic E-state index is 0.0388. The first-order valence-electron chi connectivity index (χ1n) is 12.8. The molecule has 1 heterocycles. The van der Waals surface area contributed by atoms with Crippen LogP contribution in [0.3, 0.4) is 0 Å². The predicted molar refractivity (Wildman–Crippen MR) is 116 cm³/mol. The Morgan fingerprint density at radius 1 is 1.12 bits per heavy atom. The summed E-state index contributed by atoms with van der Waals surface area (Å²) in [5.74, 6) is 3.74. The topological polar surface area (TPSA) is 55.1 Å². The van der Waals surface area contributed by atoms with Crippen LogP contribution in [0.25, 0.3) is 0 Å². The van der Waals surface area contributed by atoms with Crippen molar-refractivity contribution in [2.75, 3.05) is 0 Å². The van der Waals surface area contributed by atoms with Crippen LogP contribution in [0.5, 0.6) is 0 Å². The second-order valence-electron chi connectivity index (χ2n) is 12.6. The lowest BCUT2D eigenvalue weighted by atomic mass is 9.47. The molecule has 5 aliphatic rings. The third-order valence-corrected chi connectivity index (χ3v) is 11.1. The van der Waals surface area contributed by atoms with Gasteiger partial charge in [0.25, 0.3) is 0 Å². The van der Waals surface area contributed by atoms with Gasteiger partial charge in [-0.05, 0) is 106 Å². The van der Waals surface area contributed by atoms with Gasteiger partial charge in [0.2, 0.25) is 0 Å². The van der Waals surface area contributed by atoms with Crippen LogP contribution in [0.15, 0.2) is 12.4 Å². The van der Waals surface area contributed by atoms with Crippen molar-refractivity contribution in [3.05, 3.63) is 18.0 Å². The second-order valence-corrected chi connectivity index (χ2v) is 12.6. The largest absolute Gasteiger partial charge is 0.419 e. The first-order chi connectivity index (χ1) is 15.4. The standard InChI is InChI=1S/C26H35F3N2O2/c1-23(33)7-5-18-15(10-23)3-4-20-19(18)6-8-24(2)21(20)9-16-11-25(16,24)22(32)14-31-13-17(12-30-31)26(27,28)29/h12-13,15-16,18-21,33H,3-11,14H2,1-2H3/t15?,16-,18?,19+,20?,21-,23+,24-,25+/m0/s1. The molecule has 182 valence electrons. The molecule has 0 saturated heterocycles. The van der Waals surface area contributed by atoms with Crippen molar-refractivity contribution in [1.29, 1.82) is 0 Å². The molecule has 0 aliphatic heterocycles. The normalized spacial score (nSPS) is 48.4. The fourth-order valence-electron chi connectivity index (χ4n) is 9.56. The molecule has 0 spiro atoms. The first-order valence-corrected chi connectivity index (χ1v) is 12.8. The highest BCUT2D eigenvalue weighted by Crippen LogP contribution is 2.80. The Balaban J connectivity index is 1.21. The minimum atomic E-state index is -4.43. The summed E-state index contributed by atoms with van der Waals surface area (Å²) in [5.41, 5.74) is -1.70. The minimum Gasteiger partial charge on any atom is -0.390 e. The van der Waals surface area contributed by atoms with Crippen molar-refractivity contribution < 1.29 is 23.1 Å². The molecule has 1 aromatic heterocycles. The maximum Gasteiger partial charge on any atom is 0.419 e. The number of aliphatic hydroxyl groups is 1. The second kappa shape index (κ2) is 6.86. The zero-order valence-electron chi connectivity index (χ0n) is 19.6. The van der Waals surface area contributed by atoms with Crippen molar-refractivity contribution in [2.45, 2.75) is 90.0 Å². The molecule has 1 N–H and O–H groups in total. The van der Waals surface area contributed by atoms with Gasteiger partial charge in [0.1, 0.15) is 6.54 Å². The number of carbonyl (C=O) groups is 1. The summed E-state index contributed by atoms with van der Waals surface area (Å²) in [6, 6.07) is 0. The van der Waals surface area contributed by atoms with E-state index in [4.69, 9.17) is 0 Å². The van der Waals surface area contributed by atoms with Crippen LogP contribution in [0.2, 0.25) is 0 Å². The Morgan fingerprint density at radius 3 is 2.61 bits per heavy atom. The molecule has 9 atom stereocenters. The monoisotopic (exact) mass is 464 g/mol. The number of carbonyl (C=O) groups excluding carboxylic acids is 1. The summed E-state index contributed by atoms with van der Waals surface area (Å²) in [5, 5.41) is 14.4. The maximum absolute atomic E-state index is 13.6. The number of halogens is 3. The van der Waals surface area contributed by atoms with Gasteiger partial charge in [-0.25, -0.2) is 0 Å². The Kier molecular flexibility index (Phi) is 4.59. The molecule has 7 heteroatoms. The zero-order chi connectivity index (χ0) is 23.4. The summed E-state index contributed by atoms with van der Waals surface area (Å²) >= 11 is 0. The number of Topliss-reactive ketones (excluding diaryl/α,β-unsaturated/α-hetero) is 1. The number of hydrogen-bond donors (Lipinski definition) is 1. The summed E-state index contributed by atoms with van der Waals surface area (Å²) in [4.78, 5) is 13.6. The van der Waals surface area contributed by atoms with Gasteiger partial charge in [-0.2, -0.15) is 18.3 Å². The first kappa shape index (κ1) is 22.1. The quantitative estimate of drug-likeness (QED) is 0.644. The number of fused-ring (bicyclic) bond motifs is 7. The molecule has 0 amide bonds. The Labute approximate surface area is 193 Å². The number of aromatic nitrogens is 2. The highest BCUT2D eigenvalue weighted by Gasteiger charge is 2.77. The van der Waals surface area contributed by atoms with Crippen LogP contribution in [-0.2, 0) is 17.5 Å². The van der Waals surface area contributed by atoms with Crippen LogP contribution >= 0.6 is 0 Å². The summed E-state index contributed by atoms with van der Waals surface area (Å²) < 4.78 is 40.1. The van der Waals surface area contributed by atoms with Gasteiger partial charge in [-0.15, -0.1) is 0 Å². The predicted octanol–water partition coefficient (Wildman–Crippen LogP) is 5.49. The van der Waals surface area contributed by atoms with Gasteiger partial charge < -0.3 is 5.11 Å². The van der Waals surface area contributed by atoms with Gasteiger partial charge in [-0.3, -0.25) is 9.48 Å². The van der Waals surface area contributed by atoms with E-state index in [1.165, 1.54) is 17.5 Å². The molecule has 5 fully saturated rings. The summed E-state index contributed by atoms with van der Waals surface area (Å²) in [6.45, 7) is 4.26. The van der Waals surface area contributed by atoms with E-state index in [1.54, 1.807) is 0 Å². The molecule has 4 nitrogen and oxygen atoms in total. The average molecular weight is 465 g/mol. The van der Waals surface area contributed by atoms with Gasteiger partial charge in [0.05, 0.1) is 17.4 Å². The number of alkyl halides is 3.